The topological polar surface area (TPSA) is 82.8 Å². The summed E-state index contributed by atoms with van der Waals surface area (Å²) in [6.45, 7) is 7.68. The fourth-order valence-corrected chi connectivity index (χ4v) is 3.24. The molecule has 6 nitrogen and oxygen atoms in total. The lowest BCUT2D eigenvalue weighted by Crippen LogP contribution is -2.41. The van der Waals surface area contributed by atoms with Gasteiger partial charge in [0.25, 0.3) is 0 Å². The summed E-state index contributed by atoms with van der Waals surface area (Å²) in [5, 5.41) is 6.74. The molecular weight excluding hydrogens is 326 g/mol. The third-order valence-corrected chi connectivity index (χ3v) is 4.98. The molecule has 1 amide bonds. The first-order valence-electron chi connectivity index (χ1n) is 9.58. The minimum absolute atomic E-state index is 0.0106. The van der Waals surface area contributed by atoms with Crippen LogP contribution in [-0.2, 0) is 17.9 Å². The molecule has 0 aliphatic carbocycles. The molecule has 26 heavy (non-hydrogen) atoms. The van der Waals surface area contributed by atoms with Crippen LogP contribution in [0.25, 0.3) is 0 Å². The third kappa shape index (κ3) is 6.33. The first-order valence-corrected chi connectivity index (χ1v) is 9.58. The number of likely N-dealkylation sites (tertiary alicyclic amines) is 1. The Morgan fingerprint density at radius 1 is 1.42 bits per heavy atom. The van der Waals surface area contributed by atoms with Crippen molar-refractivity contribution >= 4 is 11.9 Å². The van der Waals surface area contributed by atoms with Crippen LogP contribution in [0.4, 0.5) is 0 Å². The molecule has 0 saturated carbocycles. The number of hydrogen-bond acceptors (Lipinski definition) is 3. The van der Waals surface area contributed by atoms with E-state index in [1.807, 2.05) is 0 Å². The fourth-order valence-electron chi connectivity index (χ4n) is 3.24. The quantitative estimate of drug-likeness (QED) is 0.512. The lowest BCUT2D eigenvalue weighted by Gasteiger charge is -2.31. The normalized spacial score (nSPS) is 19.8. The zero-order valence-electron chi connectivity index (χ0n) is 16.3. The van der Waals surface area contributed by atoms with Crippen molar-refractivity contribution in [3.8, 4) is 0 Å². The van der Waals surface area contributed by atoms with Crippen molar-refractivity contribution in [1.82, 2.24) is 15.5 Å². The highest BCUT2D eigenvalue weighted by molar-refractivity contribution is 5.79. The van der Waals surface area contributed by atoms with Crippen molar-refractivity contribution in [2.24, 2.45) is 16.6 Å². The van der Waals surface area contributed by atoms with Crippen LogP contribution in [0.15, 0.2) is 29.3 Å². The Morgan fingerprint density at radius 3 is 2.88 bits per heavy atom. The smallest absolute Gasteiger partial charge is 0.221 e. The SMILES string of the molecule is CCC(C)NC(=NC)NCc1cccc(CN2CCCC(C(N)=O)C2)c1. The predicted octanol–water partition coefficient (Wildman–Crippen LogP) is 1.85. The van der Waals surface area contributed by atoms with Crippen LogP contribution in [0, 0.1) is 5.92 Å². The van der Waals surface area contributed by atoms with E-state index in [0.29, 0.717) is 6.04 Å². The Bertz CT molecular complexity index is 616. The van der Waals surface area contributed by atoms with Gasteiger partial charge in [-0.2, -0.15) is 0 Å². The van der Waals surface area contributed by atoms with Gasteiger partial charge in [-0.05, 0) is 43.9 Å². The van der Waals surface area contributed by atoms with Crippen LogP contribution >= 0.6 is 0 Å². The highest BCUT2D eigenvalue weighted by Crippen LogP contribution is 2.18. The number of piperidine rings is 1. The molecule has 1 aliphatic heterocycles. The molecule has 1 heterocycles. The summed E-state index contributed by atoms with van der Waals surface area (Å²) in [4.78, 5) is 18.1. The number of carbonyl (C=O) groups is 1. The van der Waals surface area contributed by atoms with Gasteiger partial charge >= 0.3 is 0 Å². The molecule has 1 aromatic carbocycles. The predicted molar refractivity (Wildman–Crippen MR) is 107 cm³/mol. The van der Waals surface area contributed by atoms with E-state index in [-0.39, 0.29) is 11.8 Å². The second kappa shape index (κ2) is 10.2. The monoisotopic (exact) mass is 359 g/mol. The van der Waals surface area contributed by atoms with Gasteiger partial charge in [0.2, 0.25) is 5.91 Å². The van der Waals surface area contributed by atoms with Gasteiger partial charge in [-0.3, -0.25) is 14.7 Å². The molecule has 0 radical (unpaired) electrons. The number of primary amides is 1. The number of nitrogens with two attached hydrogens (primary N) is 1. The molecule has 2 unspecified atom stereocenters. The van der Waals surface area contributed by atoms with Crippen LogP contribution in [0.3, 0.4) is 0 Å². The molecular formula is C20H33N5O. The third-order valence-electron chi connectivity index (χ3n) is 4.98. The maximum absolute atomic E-state index is 11.5. The van der Waals surface area contributed by atoms with E-state index in [0.717, 1.165) is 51.4 Å². The highest BCUT2D eigenvalue weighted by Gasteiger charge is 2.23. The summed E-state index contributed by atoms with van der Waals surface area (Å²) >= 11 is 0. The lowest BCUT2D eigenvalue weighted by molar-refractivity contribution is -0.123. The van der Waals surface area contributed by atoms with Crippen LogP contribution in [0.2, 0.25) is 0 Å². The van der Waals surface area contributed by atoms with Crippen molar-refractivity contribution in [2.45, 2.75) is 52.2 Å². The Kier molecular flexibility index (Phi) is 7.91. The Balaban J connectivity index is 1.90. The van der Waals surface area contributed by atoms with E-state index >= 15 is 0 Å². The number of aliphatic imine (C=N–C) groups is 1. The van der Waals surface area contributed by atoms with Crippen molar-refractivity contribution in [3.63, 3.8) is 0 Å². The van der Waals surface area contributed by atoms with Crippen molar-refractivity contribution < 1.29 is 4.79 Å². The molecule has 0 aromatic heterocycles. The Morgan fingerprint density at radius 2 is 2.19 bits per heavy atom. The molecule has 2 rings (SSSR count). The van der Waals surface area contributed by atoms with Crippen LogP contribution in [0.1, 0.15) is 44.2 Å². The van der Waals surface area contributed by atoms with Gasteiger partial charge in [0.1, 0.15) is 0 Å². The summed E-state index contributed by atoms with van der Waals surface area (Å²) < 4.78 is 0. The molecule has 1 saturated heterocycles. The highest BCUT2D eigenvalue weighted by atomic mass is 16.1. The number of rotatable bonds is 7. The molecule has 0 bridgehead atoms. The van der Waals surface area contributed by atoms with Crippen LogP contribution in [0.5, 0.6) is 0 Å². The number of amides is 1. The van der Waals surface area contributed by atoms with E-state index in [9.17, 15) is 4.79 Å². The maximum Gasteiger partial charge on any atom is 0.221 e. The van der Waals surface area contributed by atoms with E-state index < -0.39 is 0 Å². The van der Waals surface area contributed by atoms with Gasteiger partial charge in [0.05, 0.1) is 5.92 Å². The Hall–Kier alpha value is -2.08. The maximum atomic E-state index is 11.5. The molecule has 1 aliphatic rings. The van der Waals surface area contributed by atoms with Gasteiger partial charge < -0.3 is 16.4 Å². The van der Waals surface area contributed by atoms with Gasteiger partial charge in [0.15, 0.2) is 5.96 Å². The number of benzene rings is 1. The van der Waals surface area contributed by atoms with E-state index in [1.54, 1.807) is 7.05 Å². The van der Waals surface area contributed by atoms with Crippen molar-refractivity contribution in [2.75, 3.05) is 20.1 Å². The zero-order valence-corrected chi connectivity index (χ0v) is 16.3. The fraction of sp³-hybridized carbons (Fsp3) is 0.600. The largest absolute Gasteiger partial charge is 0.369 e. The van der Waals surface area contributed by atoms with Gasteiger partial charge in [-0.25, -0.2) is 0 Å². The minimum Gasteiger partial charge on any atom is -0.369 e. The summed E-state index contributed by atoms with van der Waals surface area (Å²) in [5.41, 5.74) is 7.96. The standard InChI is InChI=1S/C20H33N5O/c1-4-15(2)24-20(22-3)23-12-16-7-5-8-17(11-16)13-25-10-6-9-18(14-25)19(21)26/h5,7-8,11,15,18H,4,6,9-10,12-14H2,1-3H3,(H2,21,26)(H2,22,23,24). The molecule has 0 spiro atoms. The van der Waals surface area contributed by atoms with Crippen molar-refractivity contribution in [3.05, 3.63) is 35.4 Å². The number of nitrogens with one attached hydrogen (secondary N) is 2. The van der Waals surface area contributed by atoms with Gasteiger partial charge in [-0.1, -0.05) is 31.2 Å². The molecule has 1 aromatic rings. The summed E-state index contributed by atoms with van der Waals surface area (Å²) in [6, 6.07) is 8.97. The van der Waals surface area contributed by atoms with Gasteiger partial charge in [0, 0.05) is 32.7 Å². The van der Waals surface area contributed by atoms with Crippen LogP contribution < -0.4 is 16.4 Å². The molecule has 4 N–H and O–H groups in total. The number of guanidine groups is 1. The average molecular weight is 360 g/mol. The van der Waals surface area contributed by atoms with Crippen molar-refractivity contribution in [1.29, 1.82) is 0 Å². The molecule has 1 fully saturated rings. The van der Waals surface area contributed by atoms with Gasteiger partial charge in [-0.15, -0.1) is 0 Å². The zero-order chi connectivity index (χ0) is 18.9. The minimum atomic E-state index is -0.173. The van der Waals surface area contributed by atoms with E-state index in [2.05, 4.69) is 58.6 Å². The van der Waals surface area contributed by atoms with Crippen LogP contribution in [-0.4, -0.2) is 42.9 Å². The molecule has 2 atom stereocenters. The van der Waals surface area contributed by atoms with E-state index in [4.69, 9.17) is 5.73 Å². The number of nitrogens with zero attached hydrogens (tertiary/aromatic N) is 2. The molecule has 144 valence electrons. The van der Waals surface area contributed by atoms with E-state index in [1.165, 1.54) is 11.1 Å². The summed E-state index contributed by atoms with van der Waals surface area (Å²) in [5.74, 6) is 0.640. The first-order chi connectivity index (χ1) is 12.5. The lowest BCUT2D eigenvalue weighted by atomic mass is 9.97. The second-order valence-electron chi connectivity index (χ2n) is 7.18. The molecule has 6 heteroatoms. The summed E-state index contributed by atoms with van der Waals surface area (Å²) in [6.07, 6.45) is 3.00. The Labute approximate surface area is 157 Å². The number of carbonyl (C=O) groups excluding carboxylic acids is 1. The summed E-state index contributed by atoms with van der Waals surface area (Å²) in [7, 11) is 1.79. The second-order valence-corrected chi connectivity index (χ2v) is 7.18. The number of hydrogen-bond donors (Lipinski definition) is 3. The first kappa shape index (κ1) is 20.2. The average Bonchev–Trinajstić information content (AvgIpc) is 2.65.